The second-order valence-corrected chi connectivity index (χ2v) is 3.43. The highest BCUT2D eigenvalue weighted by molar-refractivity contribution is 5.45. The van der Waals surface area contributed by atoms with Crippen LogP contribution in [-0.2, 0) is 0 Å². The molecule has 90 valence electrons. The zero-order valence-corrected chi connectivity index (χ0v) is 8.95. The van der Waals surface area contributed by atoms with Gasteiger partial charge in [-0.15, -0.1) is 0 Å². The minimum Gasteiger partial charge on any atom is -0.453 e. The second kappa shape index (κ2) is 4.80. The van der Waals surface area contributed by atoms with Crippen molar-refractivity contribution in [1.29, 1.82) is 5.26 Å². The number of rotatable bonds is 2. The Kier molecular flexibility index (Phi) is 3.20. The van der Waals surface area contributed by atoms with E-state index in [0.29, 0.717) is 0 Å². The van der Waals surface area contributed by atoms with Gasteiger partial charge >= 0.3 is 0 Å². The van der Waals surface area contributed by atoms with Crippen LogP contribution in [0.4, 0.5) is 13.2 Å². The van der Waals surface area contributed by atoms with Gasteiger partial charge in [-0.05, 0) is 30.3 Å². The van der Waals surface area contributed by atoms with Crippen LogP contribution in [-0.4, -0.2) is 0 Å². The third-order valence-electron chi connectivity index (χ3n) is 2.18. The lowest BCUT2D eigenvalue weighted by Gasteiger charge is -2.08. The number of nitriles is 1. The fraction of sp³-hybridized carbons (Fsp3) is 0. The quantitative estimate of drug-likeness (QED) is 0.811. The van der Waals surface area contributed by atoms with E-state index in [-0.39, 0.29) is 17.1 Å². The summed E-state index contributed by atoms with van der Waals surface area (Å²) in [6, 6.07) is 7.59. The van der Waals surface area contributed by atoms with Crippen molar-refractivity contribution in [2.24, 2.45) is 0 Å². The third kappa shape index (κ3) is 2.43. The van der Waals surface area contributed by atoms with E-state index in [9.17, 15) is 13.2 Å². The minimum absolute atomic E-state index is 0.0385. The lowest BCUT2D eigenvalue weighted by Crippen LogP contribution is -1.93. The van der Waals surface area contributed by atoms with E-state index in [4.69, 9.17) is 10.00 Å². The number of nitrogens with zero attached hydrogens (tertiary/aromatic N) is 1. The molecule has 0 aliphatic rings. The van der Waals surface area contributed by atoms with Crippen LogP contribution in [0.15, 0.2) is 36.4 Å². The number of hydrogen-bond donors (Lipinski definition) is 0. The molecule has 0 spiro atoms. The Balaban J connectivity index is 2.40. The van der Waals surface area contributed by atoms with Gasteiger partial charge in [-0.3, -0.25) is 0 Å². The van der Waals surface area contributed by atoms with Crippen molar-refractivity contribution in [3.8, 4) is 17.6 Å². The summed E-state index contributed by atoms with van der Waals surface area (Å²) in [4.78, 5) is 0. The summed E-state index contributed by atoms with van der Waals surface area (Å²) >= 11 is 0. The molecule has 0 amide bonds. The maximum Gasteiger partial charge on any atom is 0.166 e. The van der Waals surface area contributed by atoms with Crippen LogP contribution in [0.5, 0.6) is 11.5 Å². The van der Waals surface area contributed by atoms with Gasteiger partial charge < -0.3 is 4.74 Å². The number of hydrogen-bond acceptors (Lipinski definition) is 2. The lowest BCUT2D eigenvalue weighted by molar-refractivity contribution is 0.434. The molecule has 5 heteroatoms. The Labute approximate surface area is 101 Å². The highest BCUT2D eigenvalue weighted by atomic mass is 19.1. The molecule has 0 unspecified atom stereocenters. The highest BCUT2D eigenvalue weighted by Gasteiger charge is 2.10. The zero-order chi connectivity index (χ0) is 13.1. The van der Waals surface area contributed by atoms with Crippen molar-refractivity contribution in [3.05, 3.63) is 59.4 Å². The first kappa shape index (κ1) is 12.0. The van der Waals surface area contributed by atoms with Crippen LogP contribution in [0.25, 0.3) is 0 Å². The van der Waals surface area contributed by atoms with E-state index in [1.165, 1.54) is 6.07 Å². The van der Waals surface area contributed by atoms with Gasteiger partial charge in [0, 0.05) is 6.07 Å². The molecule has 0 radical (unpaired) electrons. The van der Waals surface area contributed by atoms with Gasteiger partial charge in [-0.1, -0.05) is 0 Å². The lowest BCUT2D eigenvalue weighted by atomic mass is 10.2. The van der Waals surface area contributed by atoms with E-state index < -0.39 is 17.5 Å². The van der Waals surface area contributed by atoms with Crippen molar-refractivity contribution in [1.82, 2.24) is 0 Å². The van der Waals surface area contributed by atoms with E-state index in [1.54, 1.807) is 6.07 Å². The molecule has 2 nitrogen and oxygen atoms in total. The van der Waals surface area contributed by atoms with Gasteiger partial charge in [-0.2, -0.15) is 5.26 Å². The van der Waals surface area contributed by atoms with E-state index in [1.807, 2.05) is 0 Å². The van der Waals surface area contributed by atoms with Gasteiger partial charge in [-0.25, -0.2) is 13.2 Å². The predicted octanol–water partition coefficient (Wildman–Crippen LogP) is 3.77. The van der Waals surface area contributed by atoms with Crippen molar-refractivity contribution in [3.63, 3.8) is 0 Å². The molecule has 0 atom stereocenters. The Hall–Kier alpha value is -2.48. The molecule has 0 aliphatic heterocycles. The van der Waals surface area contributed by atoms with Crippen molar-refractivity contribution >= 4 is 0 Å². The Morgan fingerprint density at radius 1 is 0.889 bits per heavy atom. The molecule has 0 heterocycles. The SMILES string of the molecule is N#Cc1cc(F)ccc1Oc1cc(F)ccc1F. The van der Waals surface area contributed by atoms with Crippen molar-refractivity contribution in [2.45, 2.75) is 0 Å². The first-order valence-corrected chi connectivity index (χ1v) is 4.92. The summed E-state index contributed by atoms with van der Waals surface area (Å²) in [5, 5.41) is 8.78. The summed E-state index contributed by atoms with van der Waals surface area (Å²) in [6.45, 7) is 0. The molecule has 0 N–H and O–H groups in total. The van der Waals surface area contributed by atoms with Gasteiger partial charge in [0.15, 0.2) is 11.6 Å². The molecule has 0 saturated carbocycles. The normalized spacial score (nSPS) is 9.89. The molecule has 18 heavy (non-hydrogen) atoms. The van der Waals surface area contributed by atoms with E-state index in [0.717, 1.165) is 30.3 Å². The van der Waals surface area contributed by atoms with Gasteiger partial charge in [0.2, 0.25) is 0 Å². The topological polar surface area (TPSA) is 33.0 Å². The fourth-order valence-electron chi connectivity index (χ4n) is 1.35. The molecule has 0 aromatic heterocycles. The average Bonchev–Trinajstić information content (AvgIpc) is 2.36. The van der Waals surface area contributed by atoms with Crippen LogP contribution < -0.4 is 4.74 Å². The Morgan fingerprint density at radius 3 is 2.28 bits per heavy atom. The van der Waals surface area contributed by atoms with Crippen LogP contribution in [0.3, 0.4) is 0 Å². The number of halogens is 3. The Bertz CT molecular complexity index is 635. The summed E-state index contributed by atoms with van der Waals surface area (Å²) in [7, 11) is 0. The molecule has 2 aromatic rings. The largest absolute Gasteiger partial charge is 0.453 e. The summed E-state index contributed by atoms with van der Waals surface area (Å²) in [5.41, 5.74) is -0.0985. The van der Waals surface area contributed by atoms with E-state index in [2.05, 4.69) is 0 Å². The van der Waals surface area contributed by atoms with Crippen molar-refractivity contribution < 1.29 is 17.9 Å². The fourth-order valence-corrected chi connectivity index (χ4v) is 1.35. The molecule has 2 aromatic carbocycles. The molecule has 0 bridgehead atoms. The van der Waals surface area contributed by atoms with Gasteiger partial charge in [0.1, 0.15) is 23.5 Å². The van der Waals surface area contributed by atoms with E-state index >= 15 is 0 Å². The zero-order valence-electron chi connectivity index (χ0n) is 8.95. The van der Waals surface area contributed by atoms with Crippen LogP contribution in [0.2, 0.25) is 0 Å². The Morgan fingerprint density at radius 2 is 1.56 bits per heavy atom. The summed E-state index contributed by atoms with van der Waals surface area (Å²) in [6.07, 6.45) is 0. The molecular weight excluding hydrogens is 243 g/mol. The molecule has 0 aliphatic carbocycles. The van der Waals surface area contributed by atoms with Gasteiger partial charge in [0.25, 0.3) is 0 Å². The maximum atomic E-state index is 13.3. The number of ether oxygens (including phenoxy) is 1. The standard InChI is InChI=1S/C13H6F3NO/c14-9-2-4-12(8(5-9)7-17)18-13-6-10(15)1-3-11(13)16/h1-6H. The van der Waals surface area contributed by atoms with Crippen LogP contribution in [0.1, 0.15) is 5.56 Å². The highest BCUT2D eigenvalue weighted by Crippen LogP contribution is 2.28. The summed E-state index contributed by atoms with van der Waals surface area (Å²) < 4.78 is 44.2. The van der Waals surface area contributed by atoms with Crippen LogP contribution >= 0.6 is 0 Å². The molecule has 0 fully saturated rings. The monoisotopic (exact) mass is 249 g/mol. The molecule has 2 rings (SSSR count). The maximum absolute atomic E-state index is 13.3. The second-order valence-electron chi connectivity index (χ2n) is 3.43. The summed E-state index contributed by atoms with van der Waals surface area (Å²) in [5.74, 6) is -2.46. The smallest absolute Gasteiger partial charge is 0.166 e. The minimum atomic E-state index is -0.774. The third-order valence-corrected chi connectivity index (χ3v) is 2.18. The first-order chi connectivity index (χ1) is 8.60. The molecule has 0 saturated heterocycles. The molecular formula is C13H6F3NO. The predicted molar refractivity (Wildman–Crippen MR) is 57.5 cm³/mol. The number of benzene rings is 2. The van der Waals surface area contributed by atoms with Gasteiger partial charge in [0.05, 0.1) is 5.56 Å². The first-order valence-electron chi connectivity index (χ1n) is 4.92. The van der Waals surface area contributed by atoms with Crippen molar-refractivity contribution in [2.75, 3.05) is 0 Å². The average molecular weight is 249 g/mol. The van der Waals surface area contributed by atoms with Crippen LogP contribution in [0, 0.1) is 28.8 Å².